The Morgan fingerprint density at radius 1 is 1.38 bits per heavy atom. The number of halogens is 1. The van der Waals surface area contributed by atoms with Crippen LogP contribution in [0.4, 0.5) is 4.39 Å². The van der Waals surface area contributed by atoms with Crippen LogP contribution in [-0.4, -0.2) is 6.61 Å². The van der Waals surface area contributed by atoms with E-state index in [9.17, 15) is 4.39 Å². The molecule has 1 aliphatic rings. The highest BCUT2D eigenvalue weighted by atomic mass is 19.1. The Morgan fingerprint density at radius 2 is 2.12 bits per heavy atom. The molecule has 1 saturated carbocycles. The zero-order chi connectivity index (χ0) is 11.5. The van der Waals surface area contributed by atoms with E-state index in [1.807, 2.05) is 12.1 Å². The second-order valence-electron chi connectivity index (χ2n) is 5.12. The zero-order valence-corrected chi connectivity index (χ0v) is 10.0. The van der Waals surface area contributed by atoms with E-state index >= 15 is 0 Å². The SMILES string of the molecule is CC(C)Cc1ccc(F)c(OCC2CC2)c1. The molecular formula is C14H19FO. The average Bonchev–Trinajstić information content (AvgIpc) is 3.02. The normalized spacial score (nSPS) is 15.5. The molecule has 1 aliphatic carbocycles. The summed E-state index contributed by atoms with van der Waals surface area (Å²) in [6.07, 6.45) is 3.43. The molecule has 0 bridgehead atoms. The zero-order valence-electron chi connectivity index (χ0n) is 10.0. The fraction of sp³-hybridized carbons (Fsp3) is 0.571. The molecule has 16 heavy (non-hydrogen) atoms. The van der Waals surface area contributed by atoms with E-state index in [2.05, 4.69) is 13.8 Å². The van der Waals surface area contributed by atoms with Gasteiger partial charge in [-0.05, 0) is 48.8 Å². The van der Waals surface area contributed by atoms with Gasteiger partial charge in [0.15, 0.2) is 11.6 Å². The van der Waals surface area contributed by atoms with Crippen molar-refractivity contribution in [3.63, 3.8) is 0 Å². The van der Waals surface area contributed by atoms with E-state index in [0.717, 1.165) is 12.0 Å². The minimum Gasteiger partial charge on any atom is -0.490 e. The average molecular weight is 222 g/mol. The smallest absolute Gasteiger partial charge is 0.165 e. The van der Waals surface area contributed by atoms with Gasteiger partial charge in [-0.15, -0.1) is 0 Å². The molecule has 0 radical (unpaired) electrons. The fourth-order valence-electron chi connectivity index (χ4n) is 1.75. The molecular weight excluding hydrogens is 203 g/mol. The molecule has 1 fully saturated rings. The van der Waals surface area contributed by atoms with Crippen molar-refractivity contribution in [3.8, 4) is 5.75 Å². The highest BCUT2D eigenvalue weighted by molar-refractivity contribution is 5.30. The molecule has 2 heteroatoms. The van der Waals surface area contributed by atoms with E-state index in [4.69, 9.17) is 4.74 Å². The molecule has 0 N–H and O–H groups in total. The summed E-state index contributed by atoms with van der Waals surface area (Å²) in [5.74, 6) is 1.42. The number of benzene rings is 1. The van der Waals surface area contributed by atoms with Crippen molar-refractivity contribution in [1.82, 2.24) is 0 Å². The quantitative estimate of drug-likeness (QED) is 0.736. The first-order chi connectivity index (χ1) is 7.65. The van der Waals surface area contributed by atoms with Gasteiger partial charge in [0.1, 0.15) is 0 Å². The van der Waals surface area contributed by atoms with Gasteiger partial charge < -0.3 is 4.74 Å². The lowest BCUT2D eigenvalue weighted by atomic mass is 10.0. The summed E-state index contributed by atoms with van der Waals surface area (Å²) in [6.45, 7) is 4.99. The summed E-state index contributed by atoms with van der Waals surface area (Å²) in [6, 6.07) is 5.21. The minimum atomic E-state index is -0.242. The summed E-state index contributed by atoms with van der Waals surface area (Å²) in [7, 11) is 0. The number of hydrogen-bond donors (Lipinski definition) is 0. The van der Waals surface area contributed by atoms with Crippen molar-refractivity contribution in [2.24, 2.45) is 11.8 Å². The van der Waals surface area contributed by atoms with Crippen molar-refractivity contribution in [2.45, 2.75) is 33.1 Å². The largest absolute Gasteiger partial charge is 0.490 e. The van der Waals surface area contributed by atoms with Crippen molar-refractivity contribution in [3.05, 3.63) is 29.6 Å². The molecule has 0 unspecified atom stereocenters. The molecule has 2 rings (SSSR count). The summed E-state index contributed by atoms with van der Waals surface area (Å²) >= 11 is 0. The molecule has 0 heterocycles. The maximum Gasteiger partial charge on any atom is 0.165 e. The van der Waals surface area contributed by atoms with Crippen LogP contribution in [0.3, 0.4) is 0 Å². The van der Waals surface area contributed by atoms with E-state index < -0.39 is 0 Å². The van der Waals surface area contributed by atoms with Crippen LogP contribution in [0.1, 0.15) is 32.3 Å². The Bertz CT molecular complexity index is 356. The first-order valence-corrected chi connectivity index (χ1v) is 6.06. The standard InChI is InChI=1S/C14H19FO/c1-10(2)7-12-5-6-13(15)14(8-12)16-9-11-3-4-11/h5-6,8,10-11H,3-4,7,9H2,1-2H3. The second kappa shape index (κ2) is 4.86. The number of ether oxygens (including phenoxy) is 1. The van der Waals surface area contributed by atoms with Gasteiger partial charge >= 0.3 is 0 Å². The van der Waals surface area contributed by atoms with Crippen LogP contribution in [0.5, 0.6) is 5.75 Å². The monoisotopic (exact) mass is 222 g/mol. The predicted octanol–water partition coefficient (Wildman–Crippen LogP) is 3.81. The lowest BCUT2D eigenvalue weighted by Crippen LogP contribution is -2.02. The summed E-state index contributed by atoms with van der Waals surface area (Å²) in [5.41, 5.74) is 1.15. The van der Waals surface area contributed by atoms with Gasteiger partial charge in [-0.3, -0.25) is 0 Å². The van der Waals surface area contributed by atoms with Crippen molar-refractivity contribution in [1.29, 1.82) is 0 Å². The van der Waals surface area contributed by atoms with E-state index in [1.54, 1.807) is 0 Å². The van der Waals surface area contributed by atoms with Crippen LogP contribution in [0, 0.1) is 17.7 Å². The molecule has 1 aromatic carbocycles. The lowest BCUT2D eigenvalue weighted by Gasteiger charge is -2.10. The highest BCUT2D eigenvalue weighted by Crippen LogP contribution is 2.30. The van der Waals surface area contributed by atoms with E-state index in [-0.39, 0.29) is 5.82 Å². The van der Waals surface area contributed by atoms with Crippen LogP contribution >= 0.6 is 0 Å². The Morgan fingerprint density at radius 3 is 2.75 bits per heavy atom. The van der Waals surface area contributed by atoms with Gasteiger partial charge in [0, 0.05) is 0 Å². The summed E-state index contributed by atoms with van der Waals surface area (Å²) in [5, 5.41) is 0. The predicted molar refractivity (Wildman–Crippen MR) is 63.2 cm³/mol. The lowest BCUT2D eigenvalue weighted by molar-refractivity contribution is 0.285. The molecule has 1 nitrogen and oxygen atoms in total. The van der Waals surface area contributed by atoms with Gasteiger partial charge in [-0.2, -0.15) is 0 Å². The highest BCUT2D eigenvalue weighted by Gasteiger charge is 2.22. The molecule has 0 amide bonds. The van der Waals surface area contributed by atoms with Gasteiger partial charge in [0.05, 0.1) is 6.61 Å². The van der Waals surface area contributed by atoms with Crippen molar-refractivity contribution >= 4 is 0 Å². The third-order valence-electron chi connectivity index (χ3n) is 2.81. The molecule has 0 aliphatic heterocycles. The fourth-order valence-corrected chi connectivity index (χ4v) is 1.75. The second-order valence-corrected chi connectivity index (χ2v) is 5.12. The Labute approximate surface area is 96.6 Å². The third kappa shape index (κ3) is 3.22. The van der Waals surface area contributed by atoms with Crippen LogP contribution < -0.4 is 4.74 Å². The third-order valence-corrected chi connectivity index (χ3v) is 2.81. The first-order valence-electron chi connectivity index (χ1n) is 6.06. The van der Waals surface area contributed by atoms with Crippen molar-refractivity contribution in [2.75, 3.05) is 6.61 Å². The van der Waals surface area contributed by atoms with E-state index in [1.165, 1.54) is 18.9 Å². The van der Waals surface area contributed by atoms with Gasteiger partial charge in [0.2, 0.25) is 0 Å². The van der Waals surface area contributed by atoms with Gasteiger partial charge in [-0.25, -0.2) is 4.39 Å². The van der Waals surface area contributed by atoms with Crippen LogP contribution in [0.15, 0.2) is 18.2 Å². The molecule has 1 aromatic rings. The Balaban J connectivity index is 2.02. The molecule has 0 atom stereocenters. The van der Waals surface area contributed by atoms with E-state index in [0.29, 0.717) is 24.2 Å². The molecule has 0 spiro atoms. The summed E-state index contributed by atoms with van der Waals surface area (Å²) in [4.78, 5) is 0. The van der Waals surface area contributed by atoms with Crippen LogP contribution in [0.2, 0.25) is 0 Å². The first kappa shape index (κ1) is 11.4. The number of rotatable bonds is 5. The van der Waals surface area contributed by atoms with Gasteiger partial charge in [-0.1, -0.05) is 19.9 Å². The van der Waals surface area contributed by atoms with Gasteiger partial charge in [0.25, 0.3) is 0 Å². The topological polar surface area (TPSA) is 9.23 Å². The van der Waals surface area contributed by atoms with Crippen LogP contribution in [-0.2, 0) is 6.42 Å². The van der Waals surface area contributed by atoms with Crippen molar-refractivity contribution < 1.29 is 9.13 Å². The number of hydrogen-bond acceptors (Lipinski definition) is 1. The Hall–Kier alpha value is -1.05. The Kier molecular flexibility index (Phi) is 3.47. The van der Waals surface area contributed by atoms with Crippen LogP contribution in [0.25, 0.3) is 0 Å². The maximum absolute atomic E-state index is 13.5. The molecule has 0 saturated heterocycles. The minimum absolute atomic E-state index is 0.242. The molecule has 0 aromatic heterocycles. The summed E-state index contributed by atoms with van der Waals surface area (Å²) < 4.78 is 19.0. The maximum atomic E-state index is 13.5. The molecule has 88 valence electrons.